The van der Waals surface area contributed by atoms with Gasteiger partial charge in [0.1, 0.15) is 17.0 Å². The van der Waals surface area contributed by atoms with E-state index in [0.717, 1.165) is 44.3 Å². The predicted octanol–water partition coefficient (Wildman–Crippen LogP) is 8.76. The summed E-state index contributed by atoms with van der Waals surface area (Å²) in [7, 11) is 0. The number of benzene rings is 3. The van der Waals surface area contributed by atoms with E-state index in [1.165, 1.54) is 47.9 Å². The van der Waals surface area contributed by atoms with Crippen LogP contribution in [0.15, 0.2) is 65.6 Å². The molecule has 2 unspecified atom stereocenters. The fourth-order valence-corrected chi connectivity index (χ4v) is 6.47. The van der Waals surface area contributed by atoms with Crippen LogP contribution in [0.4, 0.5) is 10.1 Å². The van der Waals surface area contributed by atoms with Crippen molar-refractivity contribution in [2.45, 2.75) is 109 Å². The summed E-state index contributed by atoms with van der Waals surface area (Å²) in [4.78, 5) is 3.23. The molecule has 0 amide bonds. The lowest BCUT2D eigenvalue weighted by atomic mass is 9.86. The van der Waals surface area contributed by atoms with Gasteiger partial charge in [0.2, 0.25) is 0 Å². The highest BCUT2D eigenvalue weighted by molar-refractivity contribution is 7.92. The van der Waals surface area contributed by atoms with Gasteiger partial charge in [-0.15, -0.1) is 0 Å². The fraction of sp³-hybridized carbons (Fsp3) is 0.486. The number of nitrogens with one attached hydrogen (secondary N) is 1. The van der Waals surface area contributed by atoms with Crippen molar-refractivity contribution < 1.29 is 8.94 Å². The van der Waals surface area contributed by atoms with Crippen LogP contribution in [-0.4, -0.2) is 22.0 Å². The molecule has 4 rings (SSSR count). The predicted molar refractivity (Wildman–Crippen MR) is 168 cm³/mol. The molecule has 216 valence electrons. The molecule has 3 nitrogen and oxygen atoms in total. The van der Waals surface area contributed by atoms with Gasteiger partial charge in [-0.3, -0.25) is 4.90 Å². The number of unbranched alkanes of at least 4 members (excludes halogenated alkanes) is 4. The maximum atomic E-state index is 14.8. The van der Waals surface area contributed by atoms with Crippen molar-refractivity contribution in [3.63, 3.8) is 0 Å². The fourth-order valence-electron chi connectivity index (χ4n) is 5.54. The van der Waals surface area contributed by atoms with Crippen molar-refractivity contribution in [2.24, 2.45) is 0 Å². The van der Waals surface area contributed by atoms with Crippen molar-refractivity contribution in [1.82, 2.24) is 4.90 Å². The van der Waals surface area contributed by atoms with E-state index in [9.17, 15) is 8.94 Å². The zero-order chi connectivity index (χ0) is 28.7. The summed E-state index contributed by atoms with van der Waals surface area (Å²) in [6.45, 7) is 13.1. The van der Waals surface area contributed by atoms with Gasteiger partial charge in [0.15, 0.2) is 10.7 Å². The topological polar surface area (TPSA) is 38.3 Å². The zero-order valence-corrected chi connectivity index (χ0v) is 25.9. The van der Waals surface area contributed by atoms with Crippen LogP contribution in [-0.2, 0) is 42.6 Å². The first kappa shape index (κ1) is 30.6. The zero-order valence-electron chi connectivity index (χ0n) is 25.1. The van der Waals surface area contributed by atoms with E-state index in [-0.39, 0.29) is 11.2 Å². The lowest BCUT2D eigenvalue weighted by molar-refractivity contribution is 0.189. The first-order valence-corrected chi connectivity index (χ1v) is 16.2. The van der Waals surface area contributed by atoms with Gasteiger partial charge in [0.05, 0.1) is 0 Å². The highest BCUT2D eigenvalue weighted by Gasteiger charge is 2.24. The first-order valence-electron chi connectivity index (χ1n) is 15.1. The number of rotatable bonds is 12. The second-order valence-corrected chi connectivity index (χ2v) is 13.7. The van der Waals surface area contributed by atoms with Crippen molar-refractivity contribution in [3.05, 3.63) is 94.3 Å². The quantitative estimate of drug-likeness (QED) is 0.177. The van der Waals surface area contributed by atoms with Gasteiger partial charge >= 0.3 is 0 Å². The standard InChI is InChI=1S/C35H47FN2OS/c1-6-7-8-9-10-11-27-14-19-34(33(36)23-27)37-40(39)32-18-15-30-25-38(21-20-29(30)24-32)26(2)22-28-12-16-31(17-13-28)35(3,4)5/h12-19,23-24,26,37H,6-11,20-22,25H2,1-5H3. The molecule has 0 spiro atoms. The minimum atomic E-state index is -1.51. The summed E-state index contributed by atoms with van der Waals surface area (Å²) in [5, 5.41) is 0. The molecule has 0 saturated heterocycles. The van der Waals surface area contributed by atoms with Gasteiger partial charge in [-0.05, 0) is 90.1 Å². The average molecular weight is 563 g/mol. The van der Waals surface area contributed by atoms with Gasteiger partial charge in [-0.1, -0.05) is 89.8 Å². The molecule has 0 radical (unpaired) electrons. The van der Waals surface area contributed by atoms with E-state index in [4.69, 9.17) is 0 Å². The van der Waals surface area contributed by atoms with Crippen LogP contribution in [0.1, 0.15) is 94.5 Å². The summed E-state index contributed by atoms with van der Waals surface area (Å²) in [6.07, 6.45) is 8.81. The monoisotopic (exact) mass is 562 g/mol. The number of hydrogen-bond donors (Lipinski definition) is 1. The van der Waals surface area contributed by atoms with E-state index >= 15 is 0 Å². The molecule has 0 fully saturated rings. The highest BCUT2D eigenvalue weighted by atomic mass is 32.2. The molecule has 1 heterocycles. The third-order valence-corrected chi connectivity index (χ3v) is 9.30. The Labute approximate surface area is 244 Å². The van der Waals surface area contributed by atoms with Gasteiger partial charge in [-0.2, -0.15) is 0 Å². The van der Waals surface area contributed by atoms with Crippen molar-refractivity contribution in [1.29, 1.82) is 0 Å². The minimum Gasteiger partial charge on any atom is -0.588 e. The Morgan fingerprint density at radius 2 is 1.65 bits per heavy atom. The van der Waals surface area contributed by atoms with Gasteiger partial charge < -0.3 is 4.55 Å². The van der Waals surface area contributed by atoms with E-state index < -0.39 is 11.4 Å². The molecule has 1 aliphatic rings. The van der Waals surface area contributed by atoms with Crippen LogP contribution in [0.25, 0.3) is 0 Å². The Bertz CT molecular complexity index is 1240. The number of halogens is 1. The van der Waals surface area contributed by atoms with Crippen LogP contribution >= 0.6 is 0 Å². The molecule has 1 N–H and O–H groups in total. The maximum absolute atomic E-state index is 14.8. The summed E-state index contributed by atoms with van der Waals surface area (Å²) in [6, 6.07) is 20.8. The number of hydrogen-bond acceptors (Lipinski definition) is 3. The van der Waals surface area contributed by atoms with E-state index in [0.29, 0.717) is 16.6 Å². The van der Waals surface area contributed by atoms with Crippen LogP contribution in [0.3, 0.4) is 0 Å². The summed E-state index contributed by atoms with van der Waals surface area (Å²) >= 11 is -1.51. The summed E-state index contributed by atoms with van der Waals surface area (Å²) in [5.74, 6) is -0.338. The Morgan fingerprint density at radius 3 is 2.35 bits per heavy atom. The van der Waals surface area contributed by atoms with E-state index in [1.54, 1.807) is 12.1 Å². The van der Waals surface area contributed by atoms with Gasteiger partial charge in [0, 0.05) is 19.1 Å². The Balaban J connectivity index is 1.31. The number of nitrogens with zero attached hydrogens (tertiary/aromatic N) is 1. The second-order valence-electron chi connectivity index (χ2n) is 12.5. The average Bonchev–Trinajstić information content (AvgIpc) is 2.93. The third kappa shape index (κ3) is 8.34. The molecule has 40 heavy (non-hydrogen) atoms. The molecule has 5 heteroatoms. The maximum Gasteiger partial charge on any atom is 0.180 e. The van der Waals surface area contributed by atoms with E-state index in [1.807, 2.05) is 18.2 Å². The van der Waals surface area contributed by atoms with Gasteiger partial charge in [0.25, 0.3) is 0 Å². The van der Waals surface area contributed by atoms with Crippen LogP contribution in [0.2, 0.25) is 0 Å². The molecule has 0 aliphatic carbocycles. The number of fused-ring (bicyclic) bond motifs is 1. The lowest BCUT2D eigenvalue weighted by Crippen LogP contribution is -2.38. The molecule has 3 aromatic rings. The Hall–Kier alpha value is -2.34. The van der Waals surface area contributed by atoms with Crippen molar-refractivity contribution in [2.75, 3.05) is 11.3 Å². The van der Waals surface area contributed by atoms with Crippen LogP contribution in [0.5, 0.6) is 0 Å². The van der Waals surface area contributed by atoms with Crippen molar-refractivity contribution >= 4 is 17.0 Å². The van der Waals surface area contributed by atoms with E-state index in [2.05, 4.69) is 74.6 Å². The molecule has 0 aromatic heterocycles. The Kier molecular flexibility index (Phi) is 10.7. The minimum absolute atomic E-state index is 0.171. The first-order chi connectivity index (χ1) is 19.1. The molecule has 1 aliphatic heterocycles. The van der Waals surface area contributed by atoms with Gasteiger partial charge in [-0.25, -0.2) is 9.11 Å². The summed E-state index contributed by atoms with van der Waals surface area (Å²) in [5.41, 5.74) is 6.73. The molecule has 3 aromatic carbocycles. The molecule has 2 atom stereocenters. The smallest absolute Gasteiger partial charge is 0.180 e. The molecule has 0 bridgehead atoms. The Morgan fingerprint density at radius 1 is 0.925 bits per heavy atom. The normalized spacial score (nSPS) is 15.5. The highest BCUT2D eigenvalue weighted by Crippen LogP contribution is 2.28. The van der Waals surface area contributed by atoms with Crippen LogP contribution < -0.4 is 4.72 Å². The van der Waals surface area contributed by atoms with Crippen LogP contribution in [0, 0.1) is 5.82 Å². The molecule has 0 saturated carbocycles. The number of anilines is 1. The SMILES string of the molecule is CCCCCCCc1ccc(N[S+]([O-])c2ccc3c(c2)CCN(C(C)Cc2ccc(C(C)(C)C)cc2)C3)c(F)c1. The summed E-state index contributed by atoms with van der Waals surface area (Å²) < 4.78 is 30.8. The third-order valence-electron chi connectivity index (χ3n) is 8.21. The molecular formula is C35H47FN2OS. The lowest BCUT2D eigenvalue weighted by Gasteiger charge is -2.34. The number of aryl methyl sites for hydroxylation is 1. The molecular weight excluding hydrogens is 515 g/mol. The largest absolute Gasteiger partial charge is 0.588 e. The second kappa shape index (κ2) is 14.0. The van der Waals surface area contributed by atoms with Crippen molar-refractivity contribution in [3.8, 4) is 0 Å².